The van der Waals surface area contributed by atoms with Crippen LogP contribution in [0.15, 0.2) is 18.7 Å². The lowest BCUT2D eigenvalue weighted by Crippen LogP contribution is -2.29. The van der Waals surface area contributed by atoms with Crippen molar-refractivity contribution in [3.63, 3.8) is 0 Å². The maximum absolute atomic E-state index is 12.8. The van der Waals surface area contributed by atoms with Crippen molar-refractivity contribution in [2.45, 2.75) is 25.0 Å². The summed E-state index contributed by atoms with van der Waals surface area (Å²) >= 11 is 0. The van der Waals surface area contributed by atoms with Crippen molar-refractivity contribution in [2.75, 3.05) is 13.1 Å². The first kappa shape index (κ1) is 12.0. The van der Waals surface area contributed by atoms with Crippen molar-refractivity contribution in [3.8, 4) is 0 Å². The molecule has 1 N–H and O–H groups in total. The Morgan fingerprint density at radius 2 is 2.47 bits per heavy atom. The monoisotopic (exact) mass is 245 g/mol. The van der Waals surface area contributed by atoms with Crippen molar-refractivity contribution in [1.82, 2.24) is 14.9 Å². The van der Waals surface area contributed by atoms with Crippen LogP contribution in [-0.2, 0) is 16.1 Å². The van der Waals surface area contributed by atoms with Gasteiger partial charge in [-0.2, -0.15) is 8.78 Å². The molecule has 0 amide bonds. The molecule has 0 bridgehead atoms. The first-order chi connectivity index (χ1) is 8.08. The molecule has 2 rings (SSSR count). The first-order valence-corrected chi connectivity index (χ1v) is 5.33. The van der Waals surface area contributed by atoms with E-state index in [1.807, 2.05) is 10.8 Å². The van der Waals surface area contributed by atoms with E-state index >= 15 is 0 Å². The number of cyclic esters (lactones) is 1. The Balaban J connectivity index is 1.65. The molecular weight excluding hydrogens is 232 g/mol. The van der Waals surface area contributed by atoms with E-state index in [0.29, 0.717) is 13.1 Å². The summed E-state index contributed by atoms with van der Waals surface area (Å²) in [5.41, 5.74) is 0. The Morgan fingerprint density at radius 3 is 3.06 bits per heavy atom. The van der Waals surface area contributed by atoms with E-state index in [9.17, 15) is 13.6 Å². The highest BCUT2D eigenvalue weighted by atomic mass is 19.3. The van der Waals surface area contributed by atoms with Gasteiger partial charge in [-0.05, 0) is 0 Å². The molecule has 1 fully saturated rings. The zero-order valence-electron chi connectivity index (χ0n) is 9.10. The van der Waals surface area contributed by atoms with Crippen molar-refractivity contribution in [1.29, 1.82) is 0 Å². The fraction of sp³-hybridized carbons (Fsp3) is 0.600. The summed E-state index contributed by atoms with van der Waals surface area (Å²) < 4.78 is 32.0. The standard InChI is InChI=1S/C10H13F2N3O2/c11-10(12)5-8(17-9(10)16)6-13-1-3-15-4-2-14-7-15/h2,4,7-8,13H,1,3,5-6H2. The lowest BCUT2D eigenvalue weighted by Gasteiger charge is -2.09. The Bertz CT molecular complexity index is 381. The second-order valence-corrected chi connectivity index (χ2v) is 3.94. The van der Waals surface area contributed by atoms with Gasteiger partial charge in [0.25, 0.3) is 0 Å². The van der Waals surface area contributed by atoms with Crippen molar-refractivity contribution in [2.24, 2.45) is 0 Å². The molecule has 0 spiro atoms. The number of aromatic nitrogens is 2. The number of halogens is 2. The molecule has 1 saturated heterocycles. The molecule has 0 radical (unpaired) electrons. The topological polar surface area (TPSA) is 56.1 Å². The summed E-state index contributed by atoms with van der Waals surface area (Å²) in [5.74, 6) is -4.74. The third-order valence-corrected chi connectivity index (χ3v) is 2.53. The molecule has 0 aliphatic carbocycles. The average Bonchev–Trinajstić information content (AvgIpc) is 2.83. The Labute approximate surface area is 96.8 Å². The van der Waals surface area contributed by atoms with E-state index in [1.165, 1.54) is 0 Å². The summed E-state index contributed by atoms with van der Waals surface area (Å²) in [6, 6.07) is 0. The van der Waals surface area contributed by atoms with Crippen LogP contribution in [0.2, 0.25) is 0 Å². The van der Waals surface area contributed by atoms with Crippen LogP contribution < -0.4 is 5.32 Å². The minimum absolute atomic E-state index is 0.246. The van der Waals surface area contributed by atoms with Gasteiger partial charge in [-0.3, -0.25) is 0 Å². The third kappa shape index (κ3) is 3.00. The third-order valence-electron chi connectivity index (χ3n) is 2.53. The molecule has 94 valence electrons. The highest BCUT2D eigenvalue weighted by Gasteiger charge is 2.50. The van der Waals surface area contributed by atoms with Gasteiger partial charge in [-0.1, -0.05) is 0 Å². The number of nitrogens with zero attached hydrogens (tertiary/aromatic N) is 2. The quantitative estimate of drug-likeness (QED) is 0.603. The molecule has 5 nitrogen and oxygen atoms in total. The van der Waals surface area contributed by atoms with Crippen molar-refractivity contribution < 1.29 is 18.3 Å². The van der Waals surface area contributed by atoms with E-state index in [0.717, 1.165) is 0 Å². The lowest BCUT2D eigenvalue weighted by molar-refractivity contribution is -0.159. The normalized spacial score (nSPS) is 22.7. The molecule has 0 aromatic carbocycles. The molecule has 7 heteroatoms. The number of hydrogen-bond acceptors (Lipinski definition) is 4. The molecule has 2 heterocycles. The molecule has 1 aliphatic heterocycles. The van der Waals surface area contributed by atoms with Gasteiger partial charge in [0.2, 0.25) is 0 Å². The van der Waals surface area contributed by atoms with Crippen molar-refractivity contribution in [3.05, 3.63) is 18.7 Å². The lowest BCUT2D eigenvalue weighted by atomic mass is 10.2. The zero-order valence-corrected chi connectivity index (χ0v) is 9.10. The number of carbonyl (C=O) groups is 1. The van der Waals surface area contributed by atoms with Crippen LogP contribution in [0, 0.1) is 0 Å². The van der Waals surface area contributed by atoms with Gasteiger partial charge in [0, 0.05) is 32.0 Å². The molecule has 0 saturated carbocycles. The van der Waals surface area contributed by atoms with E-state index in [1.54, 1.807) is 12.5 Å². The summed E-state index contributed by atoms with van der Waals surface area (Å²) in [7, 11) is 0. The minimum atomic E-state index is -3.32. The van der Waals surface area contributed by atoms with Crippen LogP contribution in [0.5, 0.6) is 0 Å². The second-order valence-electron chi connectivity index (χ2n) is 3.94. The van der Waals surface area contributed by atoms with E-state index in [4.69, 9.17) is 0 Å². The van der Waals surface area contributed by atoms with Gasteiger partial charge in [0.15, 0.2) is 0 Å². The van der Waals surface area contributed by atoms with Gasteiger partial charge in [-0.15, -0.1) is 0 Å². The van der Waals surface area contributed by atoms with E-state index < -0.39 is 24.4 Å². The maximum Gasteiger partial charge on any atom is 0.377 e. The van der Waals surface area contributed by atoms with E-state index in [-0.39, 0.29) is 6.54 Å². The maximum atomic E-state index is 12.8. The number of rotatable bonds is 5. The van der Waals surface area contributed by atoms with Gasteiger partial charge < -0.3 is 14.6 Å². The molecule has 1 aromatic heterocycles. The molecule has 17 heavy (non-hydrogen) atoms. The number of carbonyl (C=O) groups excluding carboxylic acids is 1. The fourth-order valence-electron chi connectivity index (χ4n) is 1.65. The molecule has 1 atom stereocenters. The summed E-state index contributed by atoms with van der Waals surface area (Å²) in [5, 5.41) is 2.96. The molecular formula is C10H13F2N3O2. The SMILES string of the molecule is O=C1OC(CNCCn2ccnc2)CC1(F)F. The van der Waals surface area contributed by atoms with Crippen LogP contribution in [0.3, 0.4) is 0 Å². The van der Waals surface area contributed by atoms with Crippen LogP contribution in [0.4, 0.5) is 8.78 Å². The predicted molar refractivity (Wildman–Crippen MR) is 54.5 cm³/mol. The zero-order chi connectivity index (χ0) is 12.3. The minimum Gasteiger partial charge on any atom is -0.456 e. The molecule has 1 unspecified atom stereocenters. The Morgan fingerprint density at radius 1 is 1.65 bits per heavy atom. The molecule has 1 aliphatic rings. The summed E-state index contributed by atoms with van der Waals surface area (Å²) in [4.78, 5) is 14.6. The fourth-order valence-corrected chi connectivity index (χ4v) is 1.65. The number of hydrogen-bond donors (Lipinski definition) is 1. The summed E-state index contributed by atoms with van der Waals surface area (Å²) in [6.45, 7) is 1.54. The van der Waals surface area contributed by atoms with Crippen LogP contribution in [-0.4, -0.2) is 40.6 Å². The van der Waals surface area contributed by atoms with Gasteiger partial charge in [0.1, 0.15) is 6.10 Å². The van der Waals surface area contributed by atoms with Crippen LogP contribution in [0.25, 0.3) is 0 Å². The second kappa shape index (κ2) is 4.79. The number of esters is 1. The predicted octanol–water partition coefficient (Wildman–Crippen LogP) is 0.423. The number of alkyl halides is 2. The average molecular weight is 245 g/mol. The highest BCUT2D eigenvalue weighted by molar-refractivity contribution is 5.79. The Hall–Kier alpha value is -1.50. The van der Waals surface area contributed by atoms with Crippen LogP contribution >= 0.6 is 0 Å². The van der Waals surface area contributed by atoms with Gasteiger partial charge in [0.05, 0.1) is 12.7 Å². The first-order valence-electron chi connectivity index (χ1n) is 5.33. The summed E-state index contributed by atoms with van der Waals surface area (Å²) in [6.07, 6.45) is 3.88. The van der Waals surface area contributed by atoms with Crippen LogP contribution in [0.1, 0.15) is 6.42 Å². The smallest absolute Gasteiger partial charge is 0.377 e. The number of nitrogens with one attached hydrogen (secondary N) is 1. The molecule has 1 aromatic rings. The largest absolute Gasteiger partial charge is 0.456 e. The number of imidazole rings is 1. The number of ether oxygens (including phenoxy) is 1. The van der Waals surface area contributed by atoms with Crippen molar-refractivity contribution >= 4 is 5.97 Å². The van der Waals surface area contributed by atoms with Gasteiger partial charge in [-0.25, -0.2) is 9.78 Å². The Kier molecular flexibility index (Phi) is 3.37. The van der Waals surface area contributed by atoms with E-state index in [2.05, 4.69) is 15.0 Å². The van der Waals surface area contributed by atoms with Gasteiger partial charge >= 0.3 is 11.9 Å². The highest BCUT2D eigenvalue weighted by Crippen LogP contribution is 2.30.